The van der Waals surface area contributed by atoms with Crippen LogP contribution in [0.1, 0.15) is 35.3 Å². The van der Waals surface area contributed by atoms with E-state index in [-0.39, 0.29) is 11.5 Å². The SMILES string of the molecule is C=C/C=C(\C=C1/CN(Cc2ccc(-c3ccccc3C(=O)O)cc2)C(C)=C1C)C(=O)NCc1ccc(OC)cc1. The molecule has 0 aromatic heterocycles. The first-order valence-corrected chi connectivity index (χ1v) is 13.1. The number of carboxylic acids is 1. The van der Waals surface area contributed by atoms with Gasteiger partial charge in [0, 0.05) is 30.9 Å². The van der Waals surface area contributed by atoms with E-state index in [0.29, 0.717) is 30.8 Å². The summed E-state index contributed by atoms with van der Waals surface area (Å²) in [5.41, 5.74) is 7.88. The van der Waals surface area contributed by atoms with Crippen LogP contribution >= 0.6 is 0 Å². The largest absolute Gasteiger partial charge is 0.497 e. The third-order valence-corrected chi connectivity index (χ3v) is 7.16. The van der Waals surface area contributed by atoms with Gasteiger partial charge in [-0.3, -0.25) is 4.79 Å². The Kier molecular flexibility index (Phi) is 9.02. The van der Waals surface area contributed by atoms with E-state index in [0.717, 1.165) is 39.3 Å². The van der Waals surface area contributed by atoms with Crippen molar-refractivity contribution in [3.05, 3.63) is 137 Å². The number of carbonyl (C=O) groups is 2. The van der Waals surface area contributed by atoms with E-state index in [2.05, 4.69) is 30.6 Å². The molecule has 3 aromatic rings. The third kappa shape index (κ3) is 6.59. The lowest BCUT2D eigenvalue weighted by molar-refractivity contribution is -0.117. The Hall–Kier alpha value is -4.84. The highest BCUT2D eigenvalue weighted by molar-refractivity contribution is 5.97. The van der Waals surface area contributed by atoms with Gasteiger partial charge in [0.25, 0.3) is 5.91 Å². The number of nitrogens with zero attached hydrogens (tertiary/aromatic N) is 1. The van der Waals surface area contributed by atoms with Gasteiger partial charge in [0.05, 0.1) is 12.7 Å². The highest BCUT2D eigenvalue weighted by Crippen LogP contribution is 2.31. The molecule has 0 bridgehead atoms. The van der Waals surface area contributed by atoms with Crippen molar-refractivity contribution in [1.29, 1.82) is 0 Å². The van der Waals surface area contributed by atoms with E-state index in [1.54, 1.807) is 31.4 Å². The first-order valence-electron chi connectivity index (χ1n) is 13.1. The van der Waals surface area contributed by atoms with E-state index in [4.69, 9.17) is 4.74 Å². The van der Waals surface area contributed by atoms with Gasteiger partial charge in [-0.05, 0) is 71.5 Å². The second-order valence-electron chi connectivity index (χ2n) is 9.67. The molecule has 4 rings (SSSR count). The highest BCUT2D eigenvalue weighted by Gasteiger charge is 2.22. The van der Waals surface area contributed by atoms with Crippen molar-refractivity contribution >= 4 is 11.9 Å². The standard InChI is InChI=1S/C34H34N2O4/c1-5-8-28(33(37)35-20-25-13-17-30(40-4)18-14-25)19-29-22-36(24(3)23(29)2)21-26-11-15-27(16-12-26)31-9-6-7-10-32(31)34(38)39/h5-19H,1,20-22H2,2-4H3,(H,35,37)(H,38,39)/b28-8+,29-19+. The molecule has 204 valence electrons. The van der Waals surface area contributed by atoms with Gasteiger partial charge in [-0.1, -0.05) is 73.3 Å². The number of ether oxygens (including phenoxy) is 1. The van der Waals surface area contributed by atoms with Crippen LogP contribution in [0.25, 0.3) is 11.1 Å². The van der Waals surface area contributed by atoms with Gasteiger partial charge in [0.15, 0.2) is 0 Å². The van der Waals surface area contributed by atoms with E-state index in [1.165, 1.54) is 0 Å². The van der Waals surface area contributed by atoms with Crippen LogP contribution in [0.15, 0.2) is 120 Å². The maximum Gasteiger partial charge on any atom is 0.336 e. The number of allylic oxidation sites excluding steroid dienone is 3. The molecule has 6 heteroatoms. The lowest BCUT2D eigenvalue weighted by Gasteiger charge is -2.20. The predicted molar refractivity (Wildman–Crippen MR) is 159 cm³/mol. The first-order chi connectivity index (χ1) is 19.3. The maximum absolute atomic E-state index is 13.0. The smallest absolute Gasteiger partial charge is 0.336 e. The average molecular weight is 535 g/mol. The molecule has 0 unspecified atom stereocenters. The summed E-state index contributed by atoms with van der Waals surface area (Å²) in [5, 5.41) is 12.5. The first kappa shape index (κ1) is 28.2. The van der Waals surface area contributed by atoms with Gasteiger partial charge in [0.1, 0.15) is 5.75 Å². The summed E-state index contributed by atoms with van der Waals surface area (Å²) >= 11 is 0. The predicted octanol–water partition coefficient (Wildman–Crippen LogP) is 6.53. The number of amides is 1. The number of hydrogen-bond acceptors (Lipinski definition) is 4. The Morgan fingerprint density at radius 1 is 1.00 bits per heavy atom. The quantitative estimate of drug-likeness (QED) is 0.229. The van der Waals surface area contributed by atoms with Crippen LogP contribution in [0.4, 0.5) is 0 Å². The summed E-state index contributed by atoms with van der Waals surface area (Å²) in [7, 11) is 1.62. The van der Waals surface area contributed by atoms with Gasteiger partial charge in [0.2, 0.25) is 0 Å². The minimum absolute atomic E-state index is 0.163. The summed E-state index contributed by atoms with van der Waals surface area (Å²) in [6.07, 6.45) is 5.30. The molecular weight excluding hydrogens is 500 g/mol. The van der Waals surface area contributed by atoms with Crippen molar-refractivity contribution < 1.29 is 19.4 Å². The van der Waals surface area contributed by atoms with Crippen LogP contribution in [-0.4, -0.2) is 35.5 Å². The molecule has 40 heavy (non-hydrogen) atoms. The molecule has 0 radical (unpaired) electrons. The number of aromatic carboxylic acids is 1. The lowest BCUT2D eigenvalue weighted by atomic mass is 9.98. The van der Waals surface area contributed by atoms with E-state index >= 15 is 0 Å². The number of nitrogens with one attached hydrogen (secondary N) is 1. The molecular formula is C34H34N2O4. The lowest BCUT2D eigenvalue weighted by Crippen LogP contribution is -2.24. The topological polar surface area (TPSA) is 78.9 Å². The molecule has 1 aliphatic heterocycles. The van der Waals surface area contributed by atoms with Gasteiger partial charge in [-0.25, -0.2) is 4.79 Å². The van der Waals surface area contributed by atoms with Crippen LogP contribution in [-0.2, 0) is 17.9 Å². The molecule has 1 amide bonds. The fraction of sp³-hybridized carbons (Fsp3) is 0.176. The fourth-order valence-corrected chi connectivity index (χ4v) is 4.70. The monoisotopic (exact) mass is 534 g/mol. The van der Waals surface area contributed by atoms with Crippen LogP contribution in [0.3, 0.4) is 0 Å². The number of hydrogen-bond donors (Lipinski definition) is 2. The number of carboxylic acid groups (broad SMARTS) is 1. The Labute approximate surface area is 235 Å². The number of benzene rings is 3. The van der Waals surface area contributed by atoms with Crippen LogP contribution in [0.5, 0.6) is 5.75 Å². The minimum atomic E-state index is -0.938. The van der Waals surface area contributed by atoms with Gasteiger partial charge >= 0.3 is 5.97 Å². The zero-order valence-corrected chi connectivity index (χ0v) is 23.1. The fourth-order valence-electron chi connectivity index (χ4n) is 4.70. The van der Waals surface area contributed by atoms with Crippen molar-refractivity contribution in [3.63, 3.8) is 0 Å². The Bertz CT molecular complexity index is 1500. The molecule has 3 aromatic carbocycles. The van der Waals surface area contributed by atoms with Gasteiger partial charge < -0.3 is 20.1 Å². The molecule has 0 saturated carbocycles. The molecule has 0 atom stereocenters. The number of rotatable bonds is 10. The Balaban J connectivity index is 1.44. The molecule has 0 saturated heterocycles. The molecule has 0 fully saturated rings. The number of carbonyl (C=O) groups excluding carboxylic acids is 1. The number of methoxy groups -OCH3 is 1. The highest BCUT2D eigenvalue weighted by atomic mass is 16.5. The summed E-state index contributed by atoms with van der Waals surface area (Å²) in [6, 6.07) is 22.6. The van der Waals surface area contributed by atoms with Crippen molar-refractivity contribution in [1.82, 2.24) is 10.2 Å². The minimum Gasteiger partial charge on any atom is -0.497 e. The molecule has 0 spiro atoms. The molecule has 1 heterocycles. The summed E-state index contributed by atoms with van der Waals surface area (Å²) in [6.45, 7) is 9.75. The summed E-state index contributed by atoms with van der Waals surface area (Å²) in [5.74, 6) is -0.328. The zero-order chi connectivity index (χ0) is 28.6. The summed E-state index contributed by atoms with van der Waals surface area (Å²) < 4.78 is 5.20. The average Bonchev–Trinajstić information content (AvgIpc) is 3.23. The molecule has 0 aliphatic carbocycles. The van der Waals surface area contributed by atoms with Crippen molar-refractivity contribution in [2.24, 2.45) is 0 Å². The molecule has 6 nitrogen and oxygen atoms in total. The van der Waals surface area contributed by atoms with E-state index < -0.39 is 5.97 Å². The Morgan fingerprint density at radius 2 is 1.68 bits per heavy atom. The van der Waals surface area contributed by atoms with Crippen LogP contribution in [0, 0.1) is 0 Å². The van der Waals surface area contributed by atoms with E-state index in [9.17, 15) is 14.7 Å². The second-order valence-corrected chi connectivity index (χ2v) is 9.67. The van der Waals surface area contributed by atoms with Gasteiger partial charge in [-0.2, -0.15) is 0 Å². The van der Waals surface area contributed by atoms with Crippen molar-refractivity contribution in [2.45, 2.75) is 26.9 Å². The maximum atomic E-state index is 13.0. The second kappa shape index (κ2) is 12.8. The van der Waals surface area contributed by atoms with Gasteiger partial charge in [-0.15, -0.1) is 0 Å². The Morgan fingerprint density at radius 3 is 2.33 bits per heavy atom. The zero-order valence-electron chi connectivity index (χ0n) is 23.1. The van der Waals surface area contributed by atoms with E-state index in [1.807, 2.05) is 66.7 Å². The summed E-state index contributed by atoms with van der Waals surface area (Å²) in [4.78, 5) is 26.9. The molecule has 2 N–H and O–H groups in total. The van der Waals surface area contributed by atoms with Crippen LogP contribution < -0.4 is 10.1 Å². The van der Waals surface area contributed by atoms with Crippen LogP contribution in [0.2, 0.25) is 0 Å². The normalized spacial score (nSPS) is 14.4. The van der Waals surface area contributed by atoms with Crippen molar-refractivity contribution in [3.8, 4) is 16.9 Å². The third-order valence-electron chi connectivity index (χ3n) is 7.16. The molecule has 1 aliphatic rings. The van der Waals surface area contributed by atoms with Crippen molar-refractivity contribution in [2.75, 3.05) is 13.7 Å².